The van der Waals surface area contributed by atoms with Crippen LogP contribution in [0.4, 0.5) is 17.6 Å². The minimum Gasteiger partial charge on any atom is -0.490 e. The zero-order chi connectivity index (χ0) is 13.1. The second kappa shape index (κ2) is 5.38. The standard InChI is InChI=1S/C12H14F4O/c1-3-10(4-2)17-11-6-8(12(14,15)16)5-9(13)7-11/h5-7,10H,3-4H2,1-2H3. The Labute approximate surface area is 97.4 Å². The third kappa shape index (κ3) is 3.91. The normalized spacial score (nSPS) is 11.9. The van der Waals surface area contributed by atoms with E-state index in [-0.39, 0.29) is 11.9 Å². The number of hydrogen-bond donors (Lipinski definition) is 0. The molecule has 0 saturated heterocycles. The monoisotopic (exact) mass is 250 g/mol. The molecule has 0 heterocycles. The average Bonchev–Trinajstić information content (AvgIpc) is 2.24. The van der Waals surface area contributed by atoms with Gasteiger partial charge in [0.25, 0.3) is 0 Å². The Morgan fingerprint density at radius 1 is 1.12 bits per heavy atom. The van der Waals surface area contributed by atoms with Gasteiger partial charge in [-0.25, -0.2) is 4.39 Å². The van der Waals surface area contributed by atoms with E-state index in [4.69, 9.17) is 4.74 Å². The molecule has 0 unspecified atom stereocenters. The highest BCUT2D eigenvalue weighted by Crippen LogP contribution is 2.32. The van der Waals surface area contributed by atoms with Crippen molar-refractivity contribution in [3.8, 4) is 5.75 Å². The van der Waals surface area contributed by atoms with Crippen LogP contribution < -0.4 is 4.74 Å². The van der Waals surface area contributed by atoms with Crippen molar-refractivity contribution in [3.63, 3.8) is 0 Å². The van der Waals surface area contributed by atoms with Crippen LogP contribution in [0.1, 0.15) is 32.3 Å². The van der Waals surface area contributed by atoms with E-state index in [1.807, 2.05) is 13.8 Å². The van der Waals surface area contributed by atoms with Gasteiger partial charge in [-0.1, -0.05) is 13.8 Å². The minimum atomic E-state index is -4.56. The molecule has 0 aliphatic carbocycles. The molecular formula is C12H14F4O. The van der Waals surface area contributed by atoms with Crippen LogP contribution in [0.15, 0.2) is 18.2 Å². The largest absolute Gasteiger partial charge is 0.490 e. The highest BCUT2D eigenvalue weighted by molar-refractivity contribution is 5.31. The van der Waals surface area contributed by atoms with E-state index in [9.17, 15) is 17.6 Å². The van der Waals surface area contributed by atoms with Crippen molar-refractivity contribution in [3.05, 3.63) is 29.6 Å². The zero-order valence-electron chi connectivity index (χ0n) is 9.64. The van der Waals surface area contributed by atoms with Crippen LogP contribution >= 0.6 is 0 Å². The first-order valence-corrected chi connectivity index (χ1v) is 5.41. The van der Waals surface area contributed by atoms with Crippen LogP contribution in [0.3, 0.4) is 0 Å². The van der Waals surface area contributed by atoms with E-state index in [0.29, 0.717) is 18.9 Å². The van der Waals surface area contributed by atoms with E-state index in [1.165, 1.54) is 0 Å². The van der Waals surface area contributed by atoms with Crippen molar-refractivity contribution < 1.29 is 22.3 Å². The van der Waals surface area contributed by atoms with Gasteiger partial charge in [-0.2, -0.15) is 13.2 Å². The lowest BCUT2D eigenvalue weighted by Gasteiger charge is -2.17. The maximum atomic E-state index is 13.0. The van der Waals surface area contributed by atoms with Gasteiger partial charge in [-0.15, -0.1) is 0 Å². The van der Waals surface area contributed by atoms with Crippen LogP contribution in [0.2, 0.25) is 0 Å². The Bertz CT molecular complexity index is 369. The van der Waals surface area contributed by atoms with Crippen molar-refractivity contribution in [1.29, 1.82) is 0 Å². The van der Waals surface area contributed by atoms with Gasteiger partial charge in [0.15, 0.2) is 0 Å². The van der Waals surface area contributed by atoms with Crippen LogP contribution in [-0.2, 0) is 6.18 Å². The third-order valence-corrected chi connectivity index (χ3v) is 2.41. The van der Waals surface area contributed by atoms with Crippen LogP contribution in [0, 0.1) is 5.82 Å². The minimum absolute atomic E-state index is 0.0778. The molecule has 0 bridgehead atoms. The Morgan fingerprint density at radius 3 is 2.18 bits per heavy atom. The first-order valence-electron chi connectivity index (χ1n) is 5.41. The summed E-state index contributed by atoms with van der Waals surface area (Å²) in [6, 6.07) is 2.24. The second-order valence-electron chi connectivity index (χ2n) is 3.73. The number of hydrogen-bond acceptors (Lipinski definition) is 1. The molecule has 0 N–H and O–H groups in total. The van der Waals surface area contributed by atoms with E-state index in [2.05, 4.69) is 0 Å². The lowest BCUT2D eigenvalue weighted by Crippen LogP contribution is -2.14. The van der Waals surface area contributed by atoms with Gasteiger partial charge >= 0.3 is 6.18 Å². The van der Waals surface area contributed by atoms with Gasteiger partial charge in [-0.3, -0.25) is 0 Å². The SMILES string of the molecule is CCC(CC)Oc1cc(F)cc(C(F)(F)F)c1. The molecule has 0 atom stereocenters. The summed E-state index contributed by atoms with van der Waals surface area (Å²) in [5.74, 6) is -1.02. The van der Waals surface area contributed by atoms with Crippen molar-refractivity contribution in [2.75, 3.05) is 0 Å². The maximum Gasteiger partial charge on any atom is 0.416 e. The lowest BCUT2D eigenvalue weighted by atomic mass is 10.2. The van der Waals surface area contributed by atoms with Crippen LogP contribution in [0.25, 0.3) is 0 Å². The molecule has 0 saturated carbocycles. The number of rotatable bonds is 4. The average molecular weight is 250 g/mol. The molecule has 0 radical (unpaired) electrons. The van der Waals surface area contributed by atoms with E-state index in [0.717, 1.165) is 12.1 Å². The summed E-state index contributed by atoms with van der Waals surface area (Å²) in [7, 11) is 0. The topological polar surface area (TPSA) is 9.23 Å². The maximum absolute atomic E-state index is 13.0. The Morgan fingerprint density at radius 2 is 1.71 bits per heavy atom. The van der Waals surface area contributed by atoms with E-state index >= 15 is 0 Å². The number of ether oxygens (including phenoxy) is 1. The van der Waals surface area contributed by atoms with Gasteiger partial charge < -0.3 is 4.74 Å². The number of alkyl halides is 3. The van der Waals surface area contributed by atoms with Crippen molar-refractivity contribution >= 4 is 0 Å². The Kier molecular flexibility index (Phi) is 4.37. The fraction of sp³-hybridized carbons (Fsp3) is 0.500. The molecule has 5 heteroatoms. The fourth-order valence-electron chi connectivity index (χ4n) is 1.44. The summed E-state index contributed by atoms with van der Waals surface area (Å²) >= 11 is 0. The first kappa shape index (κ1) is 13.8. The summed E-state index contributed by atoms with van der Waals surface area (Å²) in [6.07, 6.45) is -3.44. The fourth-order valence-corrected chi connectivity index (χ4v) is 1.44. The Balaban J connectivity index is 2.97. The van der Waals surface area contributed by atoms with E-state index in [1.54, 1.807) is 0 Å². The second-order valence-corrected chi connectivity index (χ2v) is 3.73. The highest BCUT2D eigenvalue weighted by atomic mass is 19.4. The van der Waals surface area contributed by atoms with E-state index < -0.39 is 17.6 Å². The highest BCUT2D eigenvalue weighted by Gasteiger charge is 2.31. The molecule has 1 aromatic rings. The molecule has 0 spiro atoms. The number of benzene rings is 1. The van der Waals surface area contributed by atoms with Crippen molar-refractivity contribution in [2.24, 2.45) is 0 Å². The van der Waals surface area contributed by atoms with Crippen molar-refractivity contribution in [2.45, 2.75) is 39.0 Å². The molecule has 0 fully saturated rings. The zero-order valence-corrected chi connectivity index (χ0v) is 9.64. The molecule has 1 aromatic carbocycles. The summed E-state index contributed by atoms with van der Waals surface area (Å²) in [6.45, 7) is 3.72. The quantitative estimate of drug-likeness (QED) is 0.719. The van der Waals surface area contributed by atoms with Gasteiger partial charge in [0.1, 0.15) is 11.6 Å². The molecule has 0 aromatic heterocycles. The smallest absolute Gasteiger partial charge is 0.416 e. The summed E-state index contributed by atoms with van der Waals surface area (Å²) in [5, 5.41) is 0. The predicted molar refractivity (Wildman–Crippen MR) is 56.4 cm³/mol. The summed E-state index contributed by atoms with van der Waals surface area (Å²) < 4.78 is 55.6. The molecular weight excluding hydrogens is 236 g/mol. The summed E-state index contributed by atoms with van der Waals surface area (Å²) in [5.41, 5.74) is -1.03. The van der Waals surface area contributed by atoms with Gasteiger partial charge in [-0.05, 0) is 25.0 Å². The predicted octanol–water partition coefficient (Wildman–Crippen LogP) is 4.41. The Hall–Kier alpha value is -1.26. The molecule has 17 heavy (non-hydrogen) atoms. The van der Waals surface area contributed by atoms with Crippen molar-refractivity contribution in [1.82, 2.24) is 0 Å². The van der Waals surface area contributed by atoms with Crippen LogP contribution in [0.5, 0.6) is 5.75 Å². The lowest BCUT2D eigenvalue weighted by molar-refractivity contribution is -0.137. The third-order valence-electron chi connectivity index (χ3n) is 2.41. The molecule has 0 aliphatic heterocycles. The molecule has 96 valence electrons. The van der Waals surface area contributed by atoms with Gasteiger partial charge in [0, 0.05) is 6.07 Å². The summed E-state index contributed by atoms with van der Waals surface area (Å²) in [4.78, 5) is 0. The van der Waals surface area contributed by atoms with Gasteiger partial charge in [0.2, 0.25) is 0 Å². The van der Waals surface area contributed by atoms with Crippen LogP contribution in [-0.4, -0.2) is 6.10 Å². The molecule has 1 rings (SSSR count). The first-order chi connectivity index (χ1) is 7.86. The van der Waals surface area contributed by atoms with Gasteiger partial charge in [0.05, 0.1) is 11.7 Å². The molecule has 0 aliphatic rings. The molecule has 0 amide bonds. The molecule has 1 nitrogen and oxygen atoms in total. The number of halogens is 4.